The molecule has 0 spiro atoms. The summed E-state index contributed by atoms with van der Waals surface area (Å²) in [5, 5.41) is 39.2. The molecular formula is C17H25NO7S. The highest BCUT2D eigenvalue weighted by molar-refractivity contribution is 7.99. The number of aliphatic hydroxyl groups is 3. The number of rotatable bonds is 13. The van der Waals surface area contributed by atoms with Crippen molar-refractivity contribution >= 4 is 23.6 Å². The highest BCUT2D eigenvalue weighted by atomic mass is 32.2. The van der Waals surface area contributed by atoms with Gasteiger partial charge in [-0.05, 0) is 24.3 Å². The summed E-state index contributed by atoms with van der Waals surface area (Å²) in [6, 6.07) is 7.36. The summed E-state index contributed by atoms with van der Waals surface area (Å²) >= 11 is 1.34. The quantitative estimate of drug-likeness (QED) is 0.292. The van der Waals surface area contributed by atoms with E-state index < -0.39 is 36.7 Å². The summed E-state index contributed by atoms with van der Waals surface area (Å²) in [5.41, 5.74) is 0.393. The lowest BCUT2D eigenvalue weighted by atomic mass is 10.1. The number of aliphatic hydroxyl groups excluding tert-OH is 3. The smallest absolute Gasteiger partial charge is 0.326 e. The van der Waals surface area contributed by atoms with Gasteiger partial charge in [0, 0.05) is 11.3 Å². The lowest BCUT2D eigenvalue weighted by Crippen LogP contribution is -2.41. The number of carbonyl (C=O) groups is 2. The van der Waals surface area contributed by atoms with Crippen LogP contribution >= 0.6 is 11.8 Å². The van der Waals surface area contributed by atoms with E-state index in [2.05, 4.69) is 5.32 Å². The Kier molecular flexibility index (Phi) is 10.9. The van der Waals surface area contributed by atoms with Crippen molar-refractivity contribution in [1.29, 1.82) is 0 Å². The van der Waals surface area contributed by atoms with Crippen LogP contribution in [-0.2, 0) is 9.53 Å². The number of aliphatic carboxylic acids is 1. The molecule has 1 rings (SSSR count). The number of carbonyl (C=O) groups excluding carboxylic acids is 1. The molecule has 0 radical (unpaired) electrons. The number of carboxylic acid groups (broad SMARTS) is 1. The zero-order chi connectivity index (χ0) is 19.4. The second-order valence-electron chi connectivity index (χ2n) is 5.62. The number of hydrogen-bond donors (Lipinski definition) is 5. The Balaban J connectivity index is 2.27. The summed E-state index contributed by atoms with van der Waals surface area (Å²) in [6.45, 7) is -0.460. The largest absolute Gasteiger partial charge is 0.480 e. The Labute approximate surface area is 156 Å². The van der Waals surface area contributed by atoms with Gasteiger partial charge >= 0.3 is 5.97 Å². The molecule has 3 unspecified atom stereocenters. The van der Waals surface area contributed by atoms with Gasteiger partial charge in [-0.3, -0.25) is 4.79 Å². The monoisotopic (exact) mass is 387 g/mol. The maximum absolute atomic E-state index is 12.0. The molecule has 0 aliphatic rings. The van der Waals surface area contributed by atoms with Gasteiger partial charge in [-0.1, -0.05) is 18.2 Å². The van der Waals surface area contributed by atoms with E-state index in [0.717, 1.165) is 0 Å². The first-order valence-electron chi connectivity index (χ1n) is 8.15. The van der Waals surface area contributed by atoms with Gasteiger partial charge in [0.15, 0.2) is 0 Å². The zero-order valence-electron chi connectivity index (χ0n) is 14.3. The molecule has 0 aliphatic carbocycles. The third kappa shape index (κ3) is 9.16. The fraction of sp³-hybridized carbons (Fsp3) is 0.529. The third-order valence-electron chi connectivity index (χ3n) is 3.33. The van der Waals surface area contributed by atoms with Crippen LogP contribution in [0.5, 0.6) is 0 Å². The molecule has 9 heteroatoms. The summed E-state index contributed by atoms with van der Waals surface area (Å²) in [4.78, 5) is 23.3. The first kappa shape index (κ1) is 22.4. The van der Waals surface area contributed by atoms with Gasteiger partial charge in [-0.25, -0.2) is 4.79 Å². The van der Waals surface area contributed by atoms with Gasteiger partial charge in [0.1, 0.15) is 12.1 Å². The molecule has 0 fully saturated rings. The van der Waals surface area contributed by atoms with Crippen LogP contribution in [0.3, 0.4) is 0 Å². The van der Waals surface area contributed by atoms with Crippen LogP contribution in [0.15, 0.2) is 30.3 Å². The van der Waals surface area contributed by atoms with Crippen molar-refractivity contribution in [1.82, 2.24) is 5.32 Å². The van der Waals surface area contributed by atoms with Gasteiger partial charge < -0.3 is 30.5 Å². The van der Waals surface area contributed by atoms with Crippen molar-refractivity contribution < 1.29 is 34.8 Å². The number of hydrogen-bond acceptors (Lipinski definition) is 7. The van der Waals surface area contributed by atoms with Gasteiger partial charge in [-0.2, -0.15) is 11.8 Å². The number of thioether (sulfide) groups is 1. The minimum absolute atomic E-state index is 0.0111. The Bertz CT molecular complexity index is 543. The lowest BCUT2D eigenvalue weighted by Gasteiger charge is -2.16. The summed E-state index contributed by atoms with van der Waals surface area (Å²) in [5.74, 6) is -0.799. The molecule has 3 atom stereocenters. The number of amides is 1. The van der Waals surface area contributed by atoms with Gasteiger partial charge in [-0.15, -0.1) is 0 Å². The molecule has 0 saturated carbocycles. The average molecular weight is 387 g/mol. The fourth-order valence-corrected chi connectivity index (χ4v) is 2.89. The van der Waals surface area contributed by atoms with Gasteiger partial charge in [0.2, 0.25) is 0 Å². The van der Waals surface area contributed by atoms with E-state index in [1.54, 1.807) is 30.3 Å². The second-order valence-corrected chi connectivity index (χ2v) is 6.77. The Morgan fingerprint density at radius 2 is 1.77 bits per heavy atom. The third-order valence-corrected chi connectivity index (χ3v) is 4.48. The van der Waals surface area contributed by atoms with E-state index in [1.807, 2.05) is 0 Å². The number of carboxylic acids is 1. The standard InChI is InChI=1S/C17H25NO7S/c19-8-13(20)9-25-10-14(21)11-26-7-6-15(17(23)24)18-16(22)12-4-2-1-3-5-12/h1-5,13-15,19-21H,6-11H2,(H,18,22)(H,23,24). The van der Waals surface area contributed by atoms with Crippen molar-refractivity contribution in [2.24, 2.45) is 0 Å². The SMILES string of the molecule is O=C(NC(CCSCC(O)COCC(O)CO)C(=O)O)c1ccccc1. The van der Waals surface area contributed by atoms with Crippen molar-refractivity contribution in [3.63, 3.8) is 0 Å². The van der Waals surface area contributed by atoms with E-state index in [-0.39, 0.29) is 19.6 Å². The molecule has 0 aliphatic heterocycles. The molecule has 1 aromatic rings. The van der Waals surface area contributed by atoms with Crippen LogP contribution in [0, 0.1) is 0 Å². The van der Waals surface area contributed by atoms with Crippen molar-refractivity contribution in [2.45, 2.75) is 24.7 Å². The van der Waals surface area contributed by atoms with E-state index in [4.69, 9.17) is 14.9 Å². The normalized spacial score (nSPS) is 14.4. The number of ether oxygens (including phenoxy) is 1. The molecule has 1 aromatic carbocycles. The van der Waals surface area contributed by atoms with E-state index in [0.29, 0.717) is 17.1 Å². The Morgan fingerprint density at radius 1 is 1.12 bits per heavy atom. The maximum atomic E-state index is 12.0. The number of nitrogens with one attached hydrogen (secondary N) is 1. The van der Waals surface area contributed by atoms with E-state index in [9.17, 15) is 19.8 Å². The molecule has 0 aromatic heterocycles. The zero-order valence-corrected chi connectivity index (χ0v) is 15.1. The molecule has 0 saturated heterocycles. The summed E-state index contributed by atoms with van der Waals surface area (Å²) < 4.78 is 5.04. The van der Waals surface area contributed by atoms with E-state index >= 15 is 0 Å². The average Bonchev–Trinajstić information content (AvgIpc) is 2.64. The van der Waals surface area contributed by atoms with Crippen molar-refractivity contribution in [3.05, 3.63) is 35.9 Å². The lowest BCUT2D eigenvalue weighted by molar-refractivity contribution is -0.139. The highest BCUT2D eigenvalue weighted by Crippen LogP contribution is 2.09. The summed E-state index contributed by atoms with van der Waals surface area (Å²) in [7, 11) is 0. The second kappa shape index (κ2) is 12.7. The first-order valence-corrected chi connectivity index (χ1v) is 9.30. The van der Waals surface area contributed by atoms with Crippen LogP contribution in [0.25, 0.3) is 0 Å². The minimum atomic E-state index is -1.11. The predicted molar refractivity (Wildman–Crippen MR) is 97.2 cm³/mol. The van der Waals surface area contributed by atoms with Gasteiger partial charge in [0.25, 0.3) is 5.91 Å². The molecule has 26 heavy (non-hydrogen) atoms. The number of benzene rings is 1. The van der Waals surface area contributed by atoms with Crippen LogP contribution in [-0.4, -0.2) is 81.9 Å². The van der Waals surface area contributed by atoms with Crippen molar-refractivity contribution in [3.8, 4) is 0 Å². The molecule has 1 amide bonds. The Morgan fingerprint density at radius 3 is 2.38 bits per heavy atom. The highest BCUT2D eigenvalue weighted by Gasteiger charge is 2.20. The first-order chi connectivity index (χ1) is 12.4. The minimum Gasteiger partial charge on any atom is -0.480 e. The van der Waals surface area contributed by atoms with E-state index in [1.165, 1.54) is 11.8 Å². The fourth-order valence-electron chi connectivity index (χ4n) is 1.95. The van der Waals surface area contributed by atoms with Gasteiger partial charge in [0.05, 0.1) is 25.9 Å². The molecule has 0 bridgehead atoms. The molecule has 0 heterocycles. The molecular weight excluding hydrogens is 362 g/mol. The molecule has 146 valence electrons. The van der Waals surface area contributed by atoms with Crippen LogP contribution < -0.4 is 5.32 Å². The predicted octanol–water partition coefficient (Wildman–Crippen LogP) is -0.276. The molecule has 5 N–H and O–H groups in total. The van der Waals surface area contributed by atoms with Crippen molar-refractivity contribution in [2.75, 3.05) is 31.3 Å². The van der Waals surface area contributed by atoms with Crippen LogP contribution in [0.2, 0.25) is 0 Å². The molecule has 8 nitrogen and oxygen atoms in total. The van der Waals surface area contributed by atoms with Crippen LogP contribution in [0.1, 0.15) is 16.8 Å². The Hall–Kier alpha value is -1.65. The maximum Gasteiger partial charge on any atom is 0.326 e. The topological polar surface area (TPSA) is 136 Å². The summed E-state index contributed by atoms with van der Waals surface area (Å²) in [6.07, 6.45) is -1.53. The van der Waals surface area contributed by atoms with Crippen LogP contribution in [0.4, 0.5) is 0 Å².